The number of unbranched alkanes of at least 4 members (excludes halogenated alkanes) is 1. The van der Waals surface area contributed by atoms with Crippen molar-refractivity contribution in [3.63, 3.8) is 0 Å². The van der Waals surface area contributed by atoms with Crippen molar-refractivity contribution in [1.29, 1.82) is 0 Å². The number of allylic oxidation sites excluding steroid dienone is 1. The van der Waals surface area contributed by atoms with Crippen molar-refractivity contribution in [1.82, 2.24) is 4.72 Å². The van der Waals surface area contributed by atoms with Crippen LogP contribution in [0.5, 0.6) is 0 Å². The Hall–Kier alpha value is -0.280. The summed E-state index contributed by atoms with van der Waals surface area (Å²) in [6, 6.07) is 0.339. The van der Waals surface area contributed by atoms with Crippen LogP contribution in [0.25, 0.3) is 0 Å². The zero-order valence-corrected chi connectivity index (χ0v) is 9.06. The number of nitrogens with one attached hydrogen (secondary N) is 1. The molecule has 0 fully saturated rings. The first kappa shape index (κ1) is 10.8. The zero-order chi connectivity index (χ0) is 9.68. The van der Waals surface area contributed by atoms with Gasteiger partial charge in [-0.25, -0.2) is 0 Å². The molecule has 0 saturated carbocycles. The van der Waals surface area contributed by atoms with Gasteiger partial charge in [0.15, 0.2) is 0 Å². The third kappa shape index (κ3) is 3.16. The van der Waals surface area contributed by atoms with Gasteiger partial charge in [0.2, 0.25) is 0 Å². The minimum atomic E-state index is 0.0767. The molecule has 1 aliphatic rings. The number of rotatable bonds is 4. The molecular formula is C10H17NOS. The van der Waals surface area contributed by atoms with Crippen molar-refractivity contribution < 1.29 is 4.79 Å². The van der Waals surface area contributed by atoms with E-state index in [0.717, 1.165) is 12.7 Å². The summed E-state index contributed by atoms with van der Waals surface area (Å²) >= 11 is 1.65. The lowest BCUT2D eigenvalue weighted by atomic mass is 9.96. The molecule has 0 aromatic carbocycles. The molecular weight excluding hydrogens is 182 g/mol. The topological polar surface area (TPSA) is 29.1 Å². The van der Waals surface area contributed by atoms with Gasteiger partial charge in [-0.3, -0.25) is 4.72 Å². The highest BCUT2D eigenvalue weighted by Crippen LogP contribution is 2.25. The first-order chi connectivity index (χ1) is 6.27. The first-order valence-corrected chi connectivity index (χ1v) is 5.65. The predicted molar refractivity (Wildman–Crippen MR) is 57.4 cm³/mol. The maximum atomic E-state index is 10.8. The van der Waals surface area contributed by atoms with E-state index in [1.807, 2.05) is 6.92 Å². The maximum Gasteiger partial charge on any atom is 0.128 e. The third-order valence-corrected chi connectivity index (χ3v) is 3.17. The highest BCUT2D eigenvalue weighted by molar-refractivity contribution is 8.01. The minimum Gasteiger partial charge on any atom is -0.303 e. The molecule has 3 heteroatoms. The highest BCUT2D eigenvalue weighted by Gasteiger charge is 2.22. The lowest BCUT2D eigenvalue weighted by Gasteiger charge is -2.26. The Morgan fingerprint density at radius 1 is 1.69 bits per heavy atom. The maximum absolute atomic E-state index is 10.8. The van der Waals surface area contributed by atoms with Gasteiger partial charge in [-0.1, -0.05) is 25.8 Å². The van der Waals surface area contributed by atoms with Gasteiger partial charge in [-0.05, 0) is 30.2 Å². The highest BCUT2D eigenvalue weighted by atomic mass is 32.2. The fourth-order valence-electron chi connectivity index (χ4n) is 1.48. The SMILES string of the molecule is CCCCC1NSC(C)=CC1C=O. The summed E-state index contributed by atoms with van der Waals surface area (Å²) in [6.45, 7) is 4.21. The molecule has 0 saturated heterocycles. The molecule has 0 amide bonds. The summed E-state index contributed by atoms with van der Waals surface area (Å²) in [4.78, 5) is 12.0. The summed E-state index contributed by atoms with van der Waals surface area (Å²) in [5.74, 6) is 0.0767. The second-order valence-corrected chi connectivity index (χ2v) is 4.54. The van der Waals surface area contributed by atoms with E-state index in [2.05, 4.69) is 17.7 Å². The second kappa shape index (κ2) is 5.45. The molecule has 0 aromatic heterocycles. The van der Waals surface area contributed by atoms with E-state index >= 15 is 0 Å². The van der Waals surface area contributed by atoms with Crippen LogP contribution in [0.2, 0.25) is 0 Å². The Bertz CT molecular complexity index is 203. The van der Waals surface area contributed by atoms with Crippen LogP contribution >= 0.6 is 11.9 Å². The van der Waals surface area contributed by atoms with Crippen LogP contribution in [-0.4, -0.2) is 12.3 Å². The molecule has 74 valence electrons. The van der Waals surface area contributed by atoms with E-state index in [9.17, 15) is 4.79 Å². The van der Waals surface area contributed by atoms with Gasteiger partial charge in [0.1, 0.15) is 6.29 Å². The quantitative estimate of drug-likeness (QED) is 0.557. The summed E-state index contributed by atoms with van der Waals surface area (Å²) in [5.41, 5.74) is 0. The number of hydrogen-bond donors (Lipinski definition) is 1. The Morgan fingerprint density at radius 3 is 3.08 bits per heavy atom. The molecule has 1 rings (SSSR count). The van der Waals surface area contributed by atoms with Gasteiger partial charge < -0.3 is 4.79 Å². The largest absolute Gasteiger partial charge is 0.303 e. The molecule has 1 heterocycles. The first-order valence-electron chi connectivity index (χ1n) is 4.84. The average Bonchev–Trinajstić information content (AvgIpc) is 2.16. The molecule has 1 N–H and O–H groups in total. The van der Waals surface area contributed by atoms with E-state index in [4.69, 9.17) is 0 Å². The van der Waals surface area contributed by atoms with Crippen molar-refractivity contribution in [2.45, 2.75) is 39.2 Å². The van der Waals surface area contributed by atoms with E-state index in [-0.39, 0.29) is 5.92 Å². The average molecular weight is 199 g/mol. The van der Waals surface area contributed by atoms with Crippen LogP contribution in [0, 0.1) is 5.92 Å². The molecule has 0 spiro atoms. The molecule has 2 nitrogen and oxygen atoms in total. The Morgan fingerprint density at radius 2 is 2.46 bits per heavy atom. The summed E-state index contributed by atoms with van der Waals surface area (Å²) in [6.07, 6.45) is 6.59. The molecule has 0 radical (unpaired) electrons. The fourth-order valence-corrected chi connectivity index (χ4v) is 2.32. The van der Waals surface area contributed by atoms with Gasteiger partial charge >= 0.3 is 0 Å². The van der Waals surface area contributed by atoms with Crippen molar-refractivity contribution in [2.24, 2.45) is 5.92 Å². The van der Waals surface area contributed by atoms with Gasteiger partial charge in [-0.2, -0.15) is 0 Å². The molecule has 0 bridgehead atoms. The Kier molecular flexibility index (Phi) is 4.53. The smallest absolute Gasteiger partial charge is 0.128 e. The van der Waals surface area contributed by atoms with Crippen LogP contribution in [-0.2, 0) is 4.79 Å². The normalized spacial score (nSPS) is 28.3. The van der Waals surface area contributed by atoms with E-state index in [0.29, 0.717) is 6.04 Å². The fraction of sp³-hybridized carbons (Fsp3) is 0.700. The number of carbonyl (C=O) groups is 1. The standard InChI is InChI=1S/C10H17NOS/c1-3-4-5-10-9(7-12)6-8(2)13-11-10/h6-7,9-11H,3-5H2,1-2H3. The van der Waals surface area contributed by atoms with Crippen molar-refractivity contribution >= 4 is 18.2 Å². The molecule has 13 heavy (non-hydrogen) atoms. The Labute approximate surface area is 84.3 Å². The van der Waals surface area contributed by atoms with Gasteiger partial charge in [0.05, 0.1) is 0 Å². The number of hydrogen-bond acceptors (Lipinski definition) is 3. The molecule has 0 aliphatic carbocycles. The molecule has 1 aliphatic heterocycles. The van der Waals surface area contributed by atoms with E-state index in [1.165, 1.54) is 17.7 Å². The van der Waals surface area contributed by atoms with Crippen LogP contribution in [0.3, 0.4) is 0 Å². The lowest BCUT2D eigenvalue weighted by Crippen LogP contribution is -2.34. The minimum absolute atomic E-state index is 0.0767. The summed E-state index contributed by atoms with van der Waals surface area (Å²) in [7, 11) is 0. The summed E-state index contributed by atoms with van der Waals surface area (Å²) in [5, 5.41) is 0. The summed E-state index contributed by atoms with van der Waals surface area (Å²) < 4.78 is 3.32. The monoisotopic (exact) mass is 199 g/mol. The van der Waals surface area contributed by atoms with E-state index < -0.39 is 0 Å². The number of aldehydes is 1. The van der Waals surface area contributed by atoms with Crippen LogP contribution in [0.1, 0.15) is 33.1 Å². The zero-order valence-electron chi connectivity index (χ0n) is 8.25. The Balaban J connectivity index is 2.50. The van der Waals surface area contributed by atoms with E-state index in [1.54, 1.807) is 11.9 Å². The molecule has 2 atom stereocenters. The van der Waals surface area contributed by atoms with Gasteiger partial charge in [0, 0.05) is 12.0 Å². The van der Waals surface area contributed by atoms with Crippen molar-refractivity contribution in [3.05, 3.63) is 11.0 Å². The molecule has 0 aromatic rings. The predicted octanol–water partition coefficient (Wildman–Crippen LogP) is 2.52. The van der Waals surface area contributed by atoms with Crippen LogP contribution in [0.4, 0.5) is 0 Å². The number of carbonyl (C=O) groups excluding carboxylic acids is 1. The van der Waals surface area contributed by atoms with Gasteiger partial charge in [0.25, 0.3) is 0 Å². The van der Waals surface area contributed by atoms with Crippen molar-refractivity contribution in [2.75, 3.05) is 0 Å². The van der Waals surface area contributed by atoms with Crippen molar-refractivity contribution in [3.8, 4) is 0 Å². The molecule has 2 unspecified atom stereocenters. The third-order valence-electron chi connectivity index (χ3n) is 2.29. The van der Waals surface area contributed by atoms with Crippen LogP contribution in [0.15, 0.2) is 11.0 Å². The lowest BCUT2D eigenvalue weighted by molar-refractivity contribution is -0.110. The van der Waals surface area contributed by atoms with Gasteiger partial charge in [-0.15, -0.1) is 0 Å². The van der Waals surface area contributed by atoms with Crippen LogP contribution < -0.4 is 4.72 Å². The second-order valence-electron chi connectivity index (χ2n) is 3.46.